The standard InChI is InChI=1S/C19H22Cl2N2O2/c20-16-3-1-2-14(8-16)6-7-22-10-15-4-5-18(21)19(9-15)24-12-17-11-23-13-25-17/h1-5,8-9,17,22-23H,6-7,10-13H2. The van der Waals surface area contributed by atoms with Crippen LogP contribution >= 0.6 is 23.2 Å². The first kappa shape index (κ1) is 18.5. The molecule has 4 nitrogen and oxygen atoms in total. The Balaban J connectivity index is 1.46. The van der Waals surface area contributed by atoms with E-state index in [-0.39, 0.29) is 6.10 Å². The Labute approximate surface area is 158 Å². The molecule has 0 bridgehead atoms. The van der Waals surface area contributed by atoms with E-state index in [9.17, 15) is 0 Å². The zero-order valence-corrected chi connectivity index (χ0v) is 15.4. The molecule has 134 valence electrons. The van der Waals surface area contributed by atoms with Crippen molar-refractivity contribution in [2.45, 2.75) is 19.1 Å². The first-order chi connectivity index (χ1) is 12.2. The van der Waals surface area contributed by atoms with Gasteiger partial charge in [0.15, 0.2) is 0 Å². The Morgan fingerprint density at radius 3 is 2.88 bits per heavy atom. The first-order valence-electron chi connectivity index (χ1n) is 8.39. The minimum atomic E-state index is 0.0792. The van der Waals surface area contributed by atoms with Crippen LogP contribution in [0.25, 0.3) is 0 Å². The Morgan fingerprint density at radius 2 is 2.08 bits per heavy atom. The van der Waals surface area contributed by atoms with Crippen LogP contribution in [0.1, 0.15) is 11.1 Å². The molecule has 1 aliphatic heterocycles. The molecule has 0 saturated carbocycles. The summed E-state index contributed by atoms with van der Waals surface area (Å²) >= 11 is 12.2. The second-order valence-corrected chi connectivity index (χ2v) is 6.86. The van der Waals surface area contributed by atoms with Gasteiger partial charge in [0.05, 0.1) is 11.8 Å². The van der Waals surface area contributed by atoms with Crippen LogP contribution in [0.4, 0.5) is 0 Å². The van der Waals surface area contributed by atoms with Crippen LogP contribution in [0.15, 0.2) is 42.5 Å². The molecule has 0 spiro atoms. The molecule has 2 aromatic carbocycles. The lowest BCUT2D eigenvalue weighted by atomic mass is 10.1. The number of rotatable bonds is 8. The van der Waals surface area contributed by atoms with Crippen molar-refractivity contribution in [2.75, 3.05) is 26.4 Å². The quantitative estimate of drug-likeness (QED) is 0.685. The average Bonchev–Trinajstić information content (AvgIpc) is 3.12. The molecule has 1 heterocycles. The molecule has 3 rings (SSSR count). The maximum Gasteiger partial charge on any atom is 0.138 e. The van der Waals surface area contributed by atoms with E-state index < -0.39 is 0 Å². The number of hydrogen-bond donors (Lipinski definition) is 2. The third-order valence-electron chi connectivity index (χ3n) is 4.02. The number of halogens is 2. The number of ether oxygens (including phenoxy) is 2. The van der Waals surface area contributed by atoms with E-state index in [1.54, 1.807) is 0 Å². The second-order valence-electron chi connectivity index (χ2n) is 6.02. The summed E-state index contributed by atoms with van der Waals surface area (Å²) in [5.41, 5.74) is 2.36. The Kier molecular flexibility index (Phi) is 6.96. The third-order valence-corrected chi connectivity index (χ3v) is 4.57. The van der Waals surface area contributed by atoms with E-state index in [0.717, 1.165) is 36.6 Å². The van der Waals surface area contributed by atoms with Gasteiger partial charge in [-0.15, -0.1) is 0 Å². The minimum absolute atomic E-state index is 0.0792. The van der Waals surface area contributed by atoms with Crippen LogP contribution in [0.5, 0.6) is 5.75 Å². The molecule has 1 aliphatic rings. The number of nitrogens with one attached hydrogen (secondary N) is 2. The average molecular weight is 381 g/mol. The van der Waals surface area contributed by atoms with Gasteiger partial charge in [-0.1, -0.05) is 41.4 Å². The van der Waals surface area contributed by atoms with Gasteiger partial charge in [0.2, 0.25) is 0 Å². The van der Waals surface area contributed by atoms with Gasteiger partial charge < -0.3 is 14.8 Å². The van der Waals surface area contributed by atoms with Crippen LogP contribution in [0, 0.1) is 0 Å². The summed E-state index contributed by atoms with van der Waals surface area (Å²) in [4.78, 5) is 0. The first-order valence-corrected chi connectivity index (χ1v) is 9.15. The molecule has 2 aromatic rings. The molecule has 1 fully saturated rings. The normalized spacial score (nSPS) is 17.0. The zero-order chi connectivity index (χ0) is 17.5. The highest BCUT2D eigenvalue weighted by Crippen LogP contribution is 2.26. The Morgan fingerprint density at radius 1 is 1.16 bits per heavy atom. The third kappa shape index (κ3) is 5.87. The van der Waals surface area contributed by atoms with Gasteiger partial charge in [-0.2, -0.15) is 0 Å². The van der Waals surface area contributed by atoms with Crippen LogP contribution in [0.2, 0.25) is 10.0 Å². The van der Waals surface area contributed by atoms with Crippen molar-refractivity contribution >= 4 is 23.2 Å². The molecule has 6 heteroatoms. The van der Waals surface area contributed by atoms with Gasteiger partial charge in [0.1, 0.15) is 18.5 Å². The summed E-state index contributed by atoms with van der Waals surface area (Å²) in [6.45, 7) is 3.52. The van der Waals surface area contributed by atoms with E-state index in [2.05, 4.69) is 16.7 Å². The summed E-state index contributed by atoms with van der Waals surface area (Å²) in [5.74, 6) is 0.700. The van der Waals surface area contributed by atoms with Gasteiger partial charge in [0.25, 0.3) is 0 Å². The molecule has 0 radical (unpaired) electrons. The van der Waals surface area contributed by atoms with Crippen molar-refractivity contribution in [3.8, 4) is 5.75 Å². The highest BCUT2D eigenvalue weighted by Gasteiger charge is 2.16. The van der Waals surface area contributed by atoms with Gasteiger partial charge in [-0.05, 0) is 48.4 Å². The molecular weight excluding hydrogens is 359 g/mol. The zero-order valence-electron chi connectivity index (χ0n) is 13.9. The minimum Gasteiger partial charge on any atom is -0.489 e. The summed E-state index contributed by atoms with van der Waals surface area (Å²) in [6.07, 6.45) is 1.01. The molecule has 1 unspecified atom stereocenters. The van der Waals surface area contributed by atoms with Gasteiger partial charge in [-0.3, -0.25) is 5.32 Å². The molecule has 1 atom stereocenters. The fraction of sp³-hybridized carbons (Fsp3) is 0.368. The Hall–Kier alpha value is -1.30. The molecule has 0 aromatic heterocycles. The summed E-state index contributed by atoms with van der Waals surface area (Å²) in [5, 5.41) is 7.96. The molecule has 1 saturated heterocycles. The van der Waals surface area contributed by atoms with Gasteiger partial charge in [0, 0.05) is 18.1 Å². The molecule has 0 aliphatic carbocycles. The van der Waals surface area contributed by atoms with E-state index >= 15 is 0 Å². The van der Waals surface area contributed by atoms with E-state index in [1.807, 2.05) is 36.4 Å². The van der Waals surface area contributed by atoms with Gasteiger partial charge in [-0.25, -0.2) is 0 Å². The second kappa shape index (κ2) is 9.41. The van der Waals surface area contributed by atoms with Crippen LogP contribution in [-0.2, 0) is 17.7 Å². The van der Waals surface area contributed by atoms with E-state index in [0.29, 0.717) is 24.1 Å². The van der Waals surface area contributed by atoms with Gasteiger partial charge >= 0.3 is 0 Å². The number of hydrogen-bond acceptors (Lipinski definition) is 4. The maximum absolute atomic E-state index is 6.22. The largest absolute Gasteiger partial charge is 0.489 e. The lowest BCUT2D eigenvalue weighted by molar-refractivity contribution is 0.0717. The van der Waals surface area contributed by atoms with E-state index in [1.165, 1.54) is 5.56 Å². The monoisotopic (exact) mass is 380 g/mol. The van der Waals surface area contributed by atoms with Crippen molar-refractivity contribution in [3.63, 3.8) is 0 Å². The lowest BCUT2D eigenvalue weighted by Crippen LogP contribution is -2.22. The highest BCUT2D eigenvalue weighted by molar-refractivity contribution is 6.32. The molecule has 25 heavy (non-hydrogen) atoms. The number of benzene rings is 2. The van der Waals surface area contributed by atoms with Crippen LogP contribution < -0.4 is 15.4 Å². The van der Waals surface area contributed by atoms with Crippen molar-refractivity contribution in [1.29, 1.82) is 0 Å². The predicted molar refractivity (Wildman–Crippen MR) is 102 cm³/mol. The Bertz CT molecular complexity index is 691. The fourth-order valence-electron chi connectivity index (χ4n) is 2.67. The molecular formula is C19H22Cl2N2O2. The topological polar surface area (TPSA) is 42.5 Å². The summed E-state index contributed by atoms with van der Waals surface area (Å²) in [7, 11) is 0. The predicted octanol–water partition coefficient (Wildman–Crippen LogP) is 3.65. The fourth-order valence-corrected chi connectivity index (χ4v) is 3.06. The van der Waals surface area contributed by atoms with Crippen LogP contribution in [0.3, 0.4) is 0 Å². The molecule has 0 amide bonds. The SMILES string of the molecule is Clc1cccc(CCNCc2ccc(Cl)c(OCC3CNCO3)c2)c1. The van der Waals surface area contributed by atoms with Crippen molar-refractivity contribution in [2.24, 2.45) is 0 Å². The van der Waals surface area contributed by atoms with Crippen molar-refractivity contribution < 1.29 is 9.47 Å². The summed E-state index contributed by atoms with van der Waals surface area (Å²) in [6, 6.07) is 13.8. The maximum atomic E-state index is 6.22. The molecule has 2 N–H and O–H groups in total. The van der Waals surface area contributed by atoms with Crippen LogP contribution in [-0.4, -0.2) is 32.5 Å². The highest BCUT2D eigenvalue weighted by atomic mass is 35.5. The lowest BCUT2D eigenvalue weighted by Gasteiger charge is -2.13. The smallest absolute Gasteiger partial charge is 0.138 e. The van der Waals surface area contributed by atoms with E-state index in [4.69, 9.17) is 32.7 Å². The summed E-state index contributed by atoms with van der Waals surface area (Å²) < 4.78 is 11.3. The van der Waals surface area contributed by atoms with Crippen molar-refractivity contribution in [3.05, 3.63) is 63.6 Å². The van der Waals surface area contributed by atoms with Crippen molar-refractivity contribution in [1.82, 2.24) is 10.6 Å².